The van der Waals surface area contributed by atoms with E-state index in [0.29, 0.717) is 6.29 Å². The molecule has 0 aliphatic heterocycles. The van der Waals surface area contributed by atoms with E-state index in [1.807, 2.05) is 0 Å². The highest BCUT2D eigenvalue weighted by Crippen LogP contribution is 2.22. The Balaban J connectivity index is 3.36. The van der Waals surface area contributed by atoms with Crippen LogP contribution in [0.25, 0.3) is 0 Å². The smallest absolute Gasteiger partial charge is 0.154 e. The molecule has 0 unspecified atom stereocenters. The molecule has 11 heavy (non-hydrogen) atoms. The minimum absolute atomic E-state index is 0.0324. The lowest BCUT2D eigenvalue weighted by Crippen LogP contribution is -1.94. The zero-order chi connectivity index (χ0) is 8.43. The first-order chi connectivity index (χ1) is 5.15. The second-order valence-corrected chi connectivity index (χ2v) is 2.62. The van der Waals surface area contributed by atoms with E-state index < -0.39 is 0 Å². The minimum atomic E-state index is 0.0324. The molecule has 5 heteroatoms. The zero-order valence-electron chi connectivity index (χ0n) is 5.34. The maximum Gasteiger partial charge on any atom is 0.154 e. The molecule has 1 aromatic rings. The minimum Gasteiger partial charge on any atom is -0.384 e. The van der Waals surface area contributed by atoms with Crippen molar-refractivity contribution in [3.05, 3.63) is 21.8 Å². The van der Waals surface area contributed by atoms with Gasteiger partial charge in [-0.05, 0) is 6.07 Å². The van der Waals surface area contributed by atoms with Gasteiger partial charge in [0.25, 0.3) is 0 Å². The number of halogens is 2. The summed E-state index contributed by atoms with van der Waals surface area (Å²) in [4.78, 5) is 13.9. The fourth-order valence-corrected chi connectivity index (χ4v) is 1.16. The number of rotatable bonds is 1. The van der Waals surface area contributed by atoms with Crippen LogP contribution in [0.5, 0.6) is 0 Å². The van der Waals surface area contributed by atoms with E-state index in [9.17, 15) is 4.79 Å². The van der Waals surface area contributed by atoms with Crippen molar-refractivity contribution in [2.75, 3.05) is 5.73 Å². The average Bonchev–Trinajstić information content (AvgIpc) is 1.85. The van der Waals surface area contributed by atoms with Crippen molar-refractivity contribution in [1.82, 2.24) is 4.98 Å². The van der Waals surface area contributed by atoms with E-state index >= 15 is 0 Å². The second kappa shape index (κ2) is 3.07. The van der Waals surface area contributed by atoms with E-state index in [2.05, 4.69) is 4.98 Å². The number of nitrogens with two attached hydrogens (primary N) is 1. The molecule has 1 aromatic heterocycles. The molecule has 0 saturated heterocycles. The summed E-state index contributed by atoms with van der Waals surface area (Å²) in [5.74, 6) is 0.200. The van der Waals surface area contributed by atoms with Crippen molar-refractivity contribution in [2.24, 2.45) is 0 Å². The summed E-state index contributed by atoms with van der Waals surface area (Å²) in [6, 6.07) is 1.37. The van der Waals surface area contributed by atoms with Crippen LogP contribution in [0.2, 0.25) is 10.2 Å². The van der Waals surface area contributed by atoms with E-state index in [-0.39, 0.29) is 21.6 Å². The molecule has 0 fully saturated rings. The largest absolute Gasteiger partial charge is 0.384 e. The summed E-state index contributed by atoms with van der Waals surface area (Å²) < 4.78 is 0. The number of aromatic nitrogens is 1. The van der Waals surface area contributed by atoms with Gasteiger partial charge in [0.05, 0.1) is 10.6 Å². The number of nitrogens with zero attached hydrogens (tertiary/aromatic N) is 1. The van der Waals surface area contributed by atoms with Gasteiger partial charge in [-0.15, -0.1) is 0 Å². The van der Waals surface area contributed by atoms with Gasteiger partial charge in [-0.3, -0.25) is 4.79 Å². The van der Waals surface area contributed by atoms with Crippen LogP contribution < -0.4 is 5.73 Å². The van der Waals surface area contributed by atoms with E-state index in [0.717, 1.165) is 0 Å². The van der Waals surface area contributed by atoms with Gasteiger partial charge >= 0.3 is 0 Å². The molecule has 0 bridgehead atoms. The number of aldehydes is 1. The fraction of sp³-hybridized carbons (Fsp3) is 0. The van der Waals surface area contributed by atoms with Crippen molar-refractivity contribution >= 4 is 35.3 Å². The van der Waals surface area contributed by atoms with Crippen molar-refractivity contribution in [1.29, 1.82) is 0 Å². The topological polar surface area (TPSA) is 56.0 Å². The lowest BCUT2D eigenvalue weighted by Gasteiger charge is -1.98. The van der Waals surface area contributed by atoms with Gasteiger partial charge in [0.1, 0.15) is 11.0 Å². The molecule has 2 N–H and O–H groups in total. The number of anilines is 1. The summed E-state index contributed by atoms with van der Waals surface area (Å²) in [6.45, 7) is 0. The van der Waals surface area contributed by atoms with Crippen molar-refractivity contribution < 1.29 is 4.79 Å². The third kappa shape index (κ3) is 1.61. The number of hydrogen-bond acceptors (Lipinski definition) is 3. The van der Waals surface area contributed by atoms with Crippen LogP contribution in [0, 0.1) is 0 Å². The first-order valence-corrected chi connectivity index (χ1v) is 3.47. The van der Waals surface area contributed by atoms with Gasteiger partial charge in [-0.2, -0.15) is 0 Å². The molecule has 3 nitrogen and oxygen atoms in total. The second-order valence-electron chi connectivity index (χ2n) is 1.85. The molecule has 0 aromatic carbocycles. The fourth-order valence-electron chi connectivity index (χ4n) is 0.617. The highest BCUT2D eigenvalue weighted by Gasteiger charge is 2.06. The normalized spacial score (nSPS) is 9.64. The van der Waals surface area contributed by atoms with E-state index in [1.165, 1.54) is 6.07 Å². The molecular formula is C6H4Cl2N2O. The third-order valence-electron chi connectivity index (χ3n) is 1.10. The van der Waals surface area contributed by atoms with Gasteiger partial charge in [0.2, 0.25) is 0 Å². The molecule has 1 rings (SSSR count). The quantitative estimate of drug-likeness (QED) is 0.543. The number of pyridine rings is 1. The van der Waals surface area contributed by atoms with Gasteiger partial charge < -0.3 is 5.73 Å². The Bertz CT molecular complexity index is 278. The Kier molecular flexibility index (Phi) is 2.31. The van der Waals surface area contributed by atoms with Gasteiger partial charge in [0.15, 0.2) is 6.29 Å². The molecule has 0 aliphatic rings. The predicted molar refractivity (Wildman–Crippen MR) is 44.1 cm³/mol. The molecule has 1 heterocycles. The number of nitrogen functional groups attached to an aromatic ring is 1. The van der Waals surface area contributed by atoms with Crippen LogP contribution in [0.3, 0.4) is 0 Å². The molecule has 0 atom stereocenters. The average molecular weight is 191 g/mol. The highest BCUT2D eigenvalue weighted by atomic mass is 35.5. The summed E-state index contributed by atoms with van der Waals surface area (Å²) in [6.07, 6.45) is 0.539. The first kappa shape index (κ1) is 8.30. The highest BCUT2D eigenvalue weighted by molar-refractivity contribution is 6.38. The Morgan fingerprint density at radius 1 is 1.55 bits per heavy atom. The SMILES string of the molecule is Nc1cc(Cl)c(C=O)c(Cl)n1. The summed E-state index contributed by atoms with van der Waals surface area (Å²) >= 11 is 11.1. The Morgan fingerprint density at radius 3 is 2.64 bits per heavy atom. The number of carbonyl (C=O) groups is 1. The summed E-state index contributed by atoms with van der Waals surface area (Å²) in [5, 5.41) is 0.252. The maximum absolute atomic E-state index is 10.3. The molecule has 0 radical (unpaired) electrons. The van der Waals surface area contributed by atoms with Crippen molar-refractivity contribution in [2.45, 2.75) is 0 Å². The van der Waals surface area contributed by atoms with Crippen molar-refractivity contribution in [3.63, 3.8) is 0 Å². The third-order valence-corrected chi connectivity index (χ3v) is 1.70. The van der Waals surface area contributed by atoms with Crippen LogP contribution >= 0.6 is 23.2 Å². The van der Waals surface area contributed by atoms with Crippen LogP contribution in [0.1, 0.15) is 10.4 Å². The van der Waals surface area contributed by atoms with Crippen LogP contribution in [0.15, 0.2) is 6.07 Å². The van der Waals surface area contributed by atoms with Crippen LogP contribution in [0.4, 0.5) is 5.82 Å². The molecular weight excluding hydrogens is 187 g/mol. The monoisotopic (exact) mass is 190 g/mol. The van der Waals surface area contributed by atoms with E-state index in [1.54, 1.807) is 0 Å². The van der Waals surface area contributed by atoms with Crippen LogP contribution in [-0.2, 0) is 0 Å². The molecule has 0 aliphatic carbocycles. The molecule has 0 amide bonds. The van der Waals surface area contributed by atoms with E-state index in [4.69, 9.17) is 28.9 Å². The Labute approximate surface area is 73.1 Å². The predicted octanol–water partition coefficient (Wildman–Crippen LogP) is 1.78. The Morgan fingerprint density at radius 2 is 2.18 bits per heavy atom. The van der Waals surface area contributed by atoms with Gasteiger partial charge in [-0.25, -0.2) is 4.98 Å². The zero-order valence-corrected chi connectivity index (χ0v) is 6.86. The lowest BCUT2D eigenvalue weighted by atomic mass is 10.3. The number of carbonyl (C=O) groups excluding carboxylic acids is 1. The lowest BCUT2D eigenvalue weighted by molar-refractivity contribution is 0.112. The van der Waals surface area contributed by atoms with Crippen molar-refractivity contribution in [3.8, 4) is 0 Å². The standard InChI is InChI=1S/C6H4Cl2N2O/c7-4-1-5(9)10-6(8)3(4)2-11/h1-2H,(H2,9,10). The molecule has 0 saturated carbocycles. The number of hydrogen-bond donors (Lipinski definition) is 1. The maximum atomic E-state index is 10.3. The molecule has 58 valence electrons. The summed E-state index contributed by atoms with van der Waals surface area (Å²) in [5.41, 5.74) is 5.46. The summed E-state index contributed by atoms with van der Waals surface area (Å²) in [7, 11) is 0. The van der Waals surface area contributed by atoms with Gasteiger partial charge in [-0.1, -0.05) is 23.2 Å². The van der Waals surface area contributed by atoms with Crippen LogP contribution in [-0.4, -0.2) is 11.3 Å². The molecule has 0 spiro atoms. The first-order valence-electron chi connectivity index (χ1n) is 2.72. The van der Waals surface area contributed by atoms with Gasteiger partial charge in [0, 0.05) is 0 Å². The Hall–Kier alpha value is -0.800.